The van der Waals surface area contributed by atoms with E-state index in [2.05, 4.69) is 11.1 Å². The van der Waals surface area contributed by atoms with Gasteiger partial charge in [0.15, 0.2) is 0 Å². The van der Waals surface area contributed by atoms with Gasteiger partial charge in [0, 0.05) is 5.56 Å². The molecule has 0 spiro atoms. The van der Waals surface area contributed by atoms with Crippen LogP contribution < -0.4 is 4.74 Å². The summed E-state index contributed by atoms with van der Waals surface area (Å²) in [6.45, 7) is 2.50. The van der Waals surface area contributed by atoms with Crippen LogP contribution >= 0.6 is 0 Å². The third kappa shape index (κ3) is 3.43. The smallest absolute Gasteiger partial charge is 0.138 e. The lowest BCUT2D eigenvalue weighted by Crippen LogP contribution is -1.94. The molecule has 0 radical (unpaired) electrons. The normalized spacial score (nSPS) is 10.3. The fraction of sp³-hybridized carbons (Fsp3) is 0.125. The van der Waals surface area contributed by atoms with E-state index >= 15 is 0 Å². The molecule has 1 aromatic carbocycles. The van der Waals surface area contributed by atoms with Crippen molar-refractivity contribution in [2.75, 3.05) is 6.61 Å². The van der Waals surface area contributed by atoms with Gasteiger partial charge in [0.05, 0.1) is 23.5 Å². The lowest BCUT2D eigenvalue weighted by atomic mass is 10.1. The topological polar surface area (TPSA) is 45.9 Å². The molecular weight excluding hydrogens is 236 g/mol. The molecule has 0 saturated carbocycles. The Morgan fingerprint density at radius 3 is 2.58 bits per heavy atom. The zero-order valence-corrected chi connectivity index (χ0v) is 10.7. The number of benzene rings is 1. The predicted molar refractivity (Wildman–Crippen MR) is 74.7 cm³/mol. The SMILES string of the molecule is C/C=C/COc1ccc(-c2ccc(C#N)cc2)nc1. The Labute approximate surface area is 112 Å². The maximum atomic E-state index is 8.75. The number of nitriles is 1. The van der Waals surface area contributed by atoms with Crippen LogP contribution in [0.2, 0.25) is 0 Å². The maximum absolute atomic E-state index is 8.75. The summed E-state index contributed by atoms with van der Waals surface area (Å²) in [7, 11) is 0. The Morgan fingerprint density at radius 2 is 2.00 bits per heavy atom. The van der Waals surface area contributed by atoms with Gasteiger partial charge in [0.1, 0.15) is 12.4 Å². The van der Waals surface area contributed by atoms with Gasteiger partial charge in [-0.3, -0.25) is 4.98 Å². The Balaban J connectivity index is 2.11. The lowest BCUT2D eigenvalue weighted by molar-refractivity contribution is 0.361. The van der Waals surface area contributed by atoms with Gasteiger partial charge in [0.25, 0.3) is 0 Å². The van der Waals surface area contributed by atoms with Crippen molar-refractivity contribution in [3.63, 3.8) is 0 Å². The van der Waals surface area contributed by atoms with E-state index in [1.165, 1.54) is 0 Å². The molecule has 3 nitrogen and oxygen atoms in total. The van der Waals surface area contributed by atoms with E-state index in [1.54, 1.807) is 18.3 Å². The number of nitrogens with zero attached hydrogens (tertiary/aromatic N) is 2. The van der Waals surface area contributed by atoms with Gasteiger partial charge in [-0.25, -0.2) is 0 Å². The zero-order valence-electron chi connectivity index (χ0n) is 10.7. The van der Waals surface area contributed by atoms with E-state index < -0.39 is 0 Å². The third-order valence-corrected chi connectivity index (χ3v) is 2.63. The Morgan fingerprint density at radius 1 is 1.21 bits per heavy atom. The Bertz CT molecular complexity index is 592. The van der Waals surface area contributed by atoms with Crippen LogP contribution in [-0.4, -0.2) is 11.6 Å². The summed E-state index contributed by atoms with van der Waals surface area (Å²) in [6, 6.07) is 13.2. The van der Waals surface area contributed by atoms with Crippen molar-refractivity contribution in [3.8, 4) is 23.1 Å². The quantitative estimate of drug-likeness (QED) is 0.779. The molecule has 94 valence electrons. The molecule has 0 unspecified atom stereocenters. The first-order valence-corrected chi connectivity index (χ1v) is 6.04. The van der Waals surface area contributed by atoms with Crippen LogP contribution in [0, 0.1) is 11.3 Å². The Kier molecular flexibility index (Phi) is 4.30. The molecule has 0 saturated heterocycles. The number of allylic oxidation sites excluding steroid dienone is 1. The molecule has 0 bridgehead atoms. The summed E-state index contributed by atoms with van der Waals surface area (Å²) in [6.07, 6.45) is 5.59. The summed E-state index contributed by atoms with van der Waals surface area (Å²) in [5.74, 6) is 0.746. The summed E-state index contributed by atoms with van der Waals surface area (Å²) < 4.78 is 5.48. The van der Waals surface area contributed by atoms with E-state index in [0.29, 0.717) is 12.2 Å². The highest BCUT2D eigenvalue weighted by Gasteiger charge is 2.00. The van der Waals surface area contributed by atoms with E-state index in [0.717, 1.165) is 17.0 Å². The minimum absolute atomic E-state index is 0.550. The van der Waals surface area contributed by atoms with Gasteiger partial charge in [-0.05, 0) is 31.2 Å². The molecule has 3 heteroatoms. The molecule has 0 aliphatic carbocycles. The lowest BCUT2D eigenvalue weighted by Gasteiger charge is -2.04. The summed E-state index contributed by atoms with van der Waals surface area (Å²) in [4.78, 5) is 4.35. The van der Waals surface area contributed by atoms with Crippen LogP contribution in [0.3, 0.4) is 0 Å². The van der Waals surface area contributed by atoms with Crippen LogP contribution in [0.1, 0.15) is 12.5 Å². The van der Waals surface area contributed by atoms with Crippen molar-refractivity contribution in [2.45, 2.75) is 6.92 Å². The van der Waals surface area contributed by atoms with Crippen LogP contribution in [0.5, 0.6) is 5.75 Å². The highest BCUT2D eigenvalue weighted by Crippen LogP contribution is 2.19. The van der Waals surface area contributed by atoms with E-state index in [1.807, 2.05) is 43.3 Å². The monoisotopic (exact) mass is 250 g/mol. The molecular formula is C16H14N2O. The summed E-state index contributed by atoms with van der Waals surface area (Å²) in [5.41, 5.74) is 2.50. The fourth-order valence-electron chi connectivity index (χ4n) is 1.59. The van der Waals surface area contributed by atoms with Crippen LogP contribution in [-0.2, 0) is 0 Å². The minimum Gasteiger partial charge on any atom is -0.488 e. The predicted octanol–water partition coefficient (Wildman–Crippen LogP) is 3.58. The van der Waals surface area contributed by atoms with Gasteiger partial charge in [0.2, 0.25) is 0 Å². The number of ether oxygens (including phenoxy) is 1. The highest BCUT2D eigenvalue weighted by atomic mass is 16.5. The van der Waals surface area contributed by atoms with Gasteiger partial charge >= 0.3 is 0 Å². The molecule has 0 fully saturated rings. The summed E-state index contributed by atoms with van der Waals surface area (Å²) >= 11 is 0. The number of pyridine rings is 1. The first kappa shape index (κ1) is 12.8. The first-order chi connectivity index (χ1) is 9.33. The number of aromatic nitrogens is 1. The standard InChI is InChI=1S/C16H14N2O/c1-2-3-10-19-15-8-9-16(18-12-15)14-6-4-13(11-17)5-7-14/h2-9,12H,10H2,1H3/b3-2+. The second-order valence-electron chi connectivity index (χ2n) is 3.95. The molecule has 0 N–H and O–H groups in total. The highest BCUT2D eigenvalue weighted by molar-refractivity contribution is 5.60. The van der Waals surface area contributed by atoms with Gasteiger partial charge in [-0.15, -0.1) is 0 Å². The molecule has 0 aliphatic heterocycles. The van der Waals surface area contributed by atoms with Crippen molar-refractivity contribution in [1.29, 1.82) is 5.26 Å². The van der Waals surface area contributed by atoms with Crippen LogP contribution in [0.4, 0.5) is 0 Å². The fourth-order valence-corrected chi connectivity index (χ4v) is 1.59. The number of hydrogen-bond donors (Lipinski definition) is 0. The molecule has 0 amide bonds. The molecule has 2 rings (SSSR count). The Hall–Kier alpha value is -2.60. The molecule has 0 atom stereocenters. The molecule has 0 aliphatic rings. The van der Waals surface area contributed by atoms with E-state index in [-0.39, 0.29) is 0 Å². The third-order valence-electron chi connectivity index (χ3n) is 2.63. The van der Waals surface area contributed by atoms with Crippen molar-refractivity contribution in [1.82, 2.24) is 4.98 Å². The average Bonchev–Trinajstić information content (AvgIpc) is 2.48. The van der Waals surface area contributed by atoms with Crippen molar-refractivity contribution in [3.05, 3.63) is 60.3 Å². The second kappa shape index (κ2) is 6.36. The van der Waals surface area contributed by atoms with E-state index in [9.17, 15) is 0 Å². The second-order valence-corrected chi connectivity index (χ2v) is 3.95. The average molecular weight is 250 g/mol. The molecule has 19 heavy (non-hydrogen) atoms. The molecule has 1 aromatic heterocycles. The zero-order chi connectivity index (χ0) is 13.5. The van der Waals surface area contributed by atoms with E-state index in [4.69, 9.17) is 10.00 Å². The van der Waals surface area contributed by atoms with Gasteiger partial charge < -0.3 is 4.74 Å². The van der Waals surface area contributed by atoms with Gasteiger partial charge in [-0.1, -0.05) is 24.3 Å². The minimum atomic E-state index is 0.550. The summed E-state index contributed by atoms with van der Waals surface area (Å²) in [5, 5.41) is 8.75. The van der Waals surface area contributed by atoms with Crippen LogP contribution in [0.25, 0.3) is 11.3 Å². The van der Waals surface area contributed by atoms with Gasteiger partial charge in [-0.2, -0.15) is 5.26 Å². The van der Waals surface area contributed by atoms with Crippen molar-refractivity contribution < 1.29 is 4.74 Å². The first-order valence-electron chi connectivity index (χ1n) is 6.04. The molecule has 2 aromatic rings. The molecule has 1 heterocycles. The van der Waals surface area contributed by atoms with Crippen molar-refractivity contribution in [2.24, 2.45) is 0 Å². The van der Waals surface area contributed by atoms with Crippen molar-refractivity contribution >= 4 is 0 Å². The largest absolute Gasteiger partial charge is 0.488 e. The number of hydrogen-bond acceptors (Lipinski definition) is 3. The van der Waals surface area contributed by atoms with Crippen LogP contribution in [0.15, 0.2) is 54.7 Å². The number of rotatable bonds is 4. The maximum Gasteiger partial charge on any atom is 0.138 e.